The highest BCUT2D eigenvalue weighted by Gasteiger charge is 2.01. The van der Waals surface area contributed by atoms with E-state index in [0.29, 0.717) is 11.6 Å². The van der Waals surface area contributed by atoms with Gasteiger partial charge in [-0.2, -0.15) is 0 Å². The maximum absolute atomic E-state index is 4.47. The average molecular weight is 364 g/mol. The van der Waals surface area contributed by atoms with Crippen LogP contribution in [0.2, 0.25) is 0 Å². The second-order valence-corrected chi connectivity index (χ2v) is 5.85. The van der Waals surface area contributed by atoms with Gasteiger partial charge in [-0.3, -0.25) is 9.97 Å². The monoisotopic (exact) mass is 364 g/mol. The first-order chi connectivity index (χ1) is 13.9. The summed E-state index contributed by atoms with van der Waals surface area (Å²) in [5, 5.41) is 0. The van der Waals surface area contributed by atoms with E-state index in [0.717, 1.165) is 22.5 Å². The first kappa shape index (κ1) is 17.4. The van der Waals surface area contributed by atoms with Crippen molar-refractivity contribution in [1.82, 2.24) is 19.9 Å². The van der Waals surface area contributed by atoms with E-state index in [9.17, 15) is 0 Å². The van der Waals surface area contributed by atoms with E-state index in [-0.39, 0.29) is 0 Å². The van der Waals surface area contributed by atoms with Gasteiger partial charge >= 0.3 is 0 Å². The van der Waals surface area contributed by atoms with Crippen molar-refractivity contribution in [2.45, 2.75) is 0 Å². The minimum atomic E-state index is 0.663. The maximum atomic E-state index is 4.47. The molecule has 0 radical (unpaired) electrons. The van der Waals surface area contributed by atoms with Gasteiger partial charge in [-0.25, -0.2) is 20.0 Å². The van der Waals surface area contributed by atoms with Crippen molar-refractivity contribution in [3.8, 4) is 11.4 Å². The summed E-state index contributed by atoms with van der Waals surface area (Å²) in [6.07, 6.45) is 10.4. The molecule has 4 aromatic rings. The van der Waals surface area contributed by atoms with Gasteiger partial charge in [-0.05, 0) is 48.5 Å². The third-order valence-corrected chi connectivity index (χ3v) is 3.83. The number of nitrogens with zero attached hydrogens (tertiary/aromatic N) is 6. The van der Waals surface area contributed by atoms with E-state index in [1.54, 1.807) is 37.2 Å². The molecule has 6 heteroatoms. The molecule has 0 N–H and O–H groups in total. The van der Waals surface area contributed by atoms with E-state index in [2.05, 4.69) is 29.9 Å². The second kappa shape index (κ2) is 8.55. The zero-order valence-electron chi connectivity index (χ0n) is 14.9. The Morgan fingerprint density at radius 1 is 0.536 bits per heavy atom. The average Bonchev–Trinajstić information content (AvgIpc) is 2.78. The van der Waals surface area contributed by atoms with Crippen molar-refractivity contribution in [3.05, 3.63) is 96.6 Å². The fraction of sp³-hybridized carbons (Fsp3) is 0. The lowest BCUT2D eigenvalue weighted by Gasteiger charge is -2.01. The Kier molecular flexibility index (Phi) is 5.30. The number of pyridine rings is 4. The Bertz CT molecular complexity index is 982. The van der Waals surface area contributed by atoms with Crippen LogP contribution in [0.1, 0.15) is 11.1 Å². The third kappa shape index (κ3) is 4.56. The predicted octanol–water partition coefficient (Wildman–Crippen LogP) is 4.43. The number of rotatable bonds is 5. The molecular formula is C22H16N6. The Morgan fingerprint density at radius 2 is 1.04 bits per heavy atom. The third-order valence-electron chi connectivity index (χ3n) is 3.83. The normalized spacial score (nSPS) is 11.3. The SMILES string of the molecule is C(=Nc1ccccn1)c1ccc(-c2ccc(C=Nc3ccccn3)cn2)nc1. The van der Waals surface area contributed by atoms with E-state index >= 15 is 0 Å². The number of hydrogen-bond donors (Lipinski definition) is 0. The number of hydrogen-bond acceptors (Lipinski definition) is 6. The highest BCUT2D eigenvalue weighted by Crippen LogP contribution is 2.15. The molecule has 0 aliphatic heterocycles. The topological polar surface area (TPSA) is 76.3 Å². The molecule has 134 valence electrons. The first-order valence-corrected chi connectivity index (χ1v) is 8.69. The molecule has 0 unspecified atom stereocenters. The standard InChI is InChI=1S/C22H16N6/c1-3-11-23-21(5-1)27-15-17-7-9-19(25-13-17)20-10-8-18(14-26-20)16-28-22-6-2-4-12-24-22/h1-16H. The lowest BCUT2D eigenvalue weighted by molar-refractivity contribution is 1.23. The summed E-state index contributed by atoms with van der Waals surface area (Å²) < 4.78 is 0. The summed E-state index contributed by atoms with van der Waals surface area (Å²) >= 11 is 0. The van der Waals surface area contributed by atoms with Gasteiger partial charge in [0.15, 0.2) is 11.6 Å². The zero-order valence-corrected chi connectivity index (χ0v) is 14.9. The molecule has 0 saturated carbocycles. The van der Waals surface area contributed by atoms with Crippen LogP contribution in [-0.4, -0.2) is 32.4 Å². The Balaban J connectivity index is 1.44. The van der Waals surface area contributed by atoms with Gasteiger partial charge in [0.25, 0.3) is 0 Å². The molecule has 0 aliphatic rings. The molecule has 4 heterocycles. The lowest BCUT2D eigenvalue weighted by Crippen LogP contribution is -1.91. The Hall–Kier alpha value is -4.06. The van der Waals surface area contributed by atoms with E-state index in [1.807, 2.05) is 60.7 Å². The van der Waals surface area contributed by atoms with Gasteiger partial charge in [-0.1, -0.05) is 12.1 Å². The molecule has 28 heavy (non-hydrogen) atoms. The van der Waals surface area contributed by atoms with Crippen LogP contribution in [0.15, 0.2) is 95.4 Å². The fourth-order valence-corrected chi connectivity index (χ4v) is 2.41. The van der Waals surface area contributed by atoms with E-state index in [4.69, 9.17) is 0 Å². The van der Waals surface area contributed by atoms with Crippen molar-refractivity contribution in [2.75, 3.05) is 0 Å². The molecule has 0 aliphatic carbocycles. The maximum Gasteiger partial charge on any atom is 0.151 e. The quantitative estimate of drug-likeness (QED) is 0.491. The first-order valence-electron chi connectivity index (χ1n) is 8.69. The van der Waals surface area contributed by atoms with Gasteiger partial charge in [0.1, 0.15) is 0 Å². The van der Waals surface area contributed by atoms with Gasteiger partial charge in [-0.15, -0.1) is 0 Å². The summed E-state index contributed by atoms with van der Waals surface area (Å²) in [5.41, 5.74) is 3.38. The van der Waals surface area contributed by atoms with Crippen LogP contribution in [0.4, 0.5) is 11.6 Å². The van der Waals surface area contributed by atoms with Crippen LogP contribution in [0.5, 0.6) is 0 Å². The van der Waals surface area contributed by atoms with Crippen LogP contribution in [0, 0.1) is 0 Å². The summed E-state index contributed by atoms with van der Waals surface area (Å²) in [6.45, 7) is 0. The molecule has 0 aromatic carbocycles. The van der Waals surface area contributed by atoms with Crippen LogP contribution in [0.25, 0.3) is 11.4 Å². The highest BCUT2D eigenvalue weighted by atomic mass is 14.9. The largest absolute Gasteiger partial charge is 0.254 e. The molecule has 0 bridgehead atoms. The molecule has 0 atom stereocenters. The van der Waals surface area contributed by atoms with E-state index in [1.165, 1.54) is 0 Å². The summed E-state index contributed by atoms with van der Waals surface area (Å²) in [7, 11) is 0. The van der Waals surface area contributed by atoms with Gasteiger partial charge in [0.2, 0.25) is 0 Å². The van der Waals surface area contributed by atoms with E-state index < -0.39 is 0 Å². The molecule has 0 saturated heterocycles. The van der Waals surface area contributed by atoms with Crippen LogP contribution in [-0.2, 0) is 0 Å². The molecule has 0 fully saturated rings. The molecule has 4 aromatic heterocycles. The molecule has 0 spiro atoms. The van der Waals surface area contributed by atoms with Crippen LogP contribution in [0.3, 0.4) is 0 Å². The van der Waals surface area contributed by atoms with Crippen molar-refractivity contribution in [1.29, 1.82) is 0 Å². The molecule has 6 nitrogen and oxygen atoms in total. The summed E-state index contributed by atoms with van der Waals surface area (Å²) in [5.74, 6) is 1.33. The molecule has 4 rings (SSSR count). The van der Waals surface area contributed by atoms with Gasteiger partial charge in [0.05, 0.1) is 11.4 Å². The smallest absolute Gasteiger partial charge is 0.151 e. The Labute approximate surface area is 162 Å². The number of aliphatic imine (C=N–C) groups is 2. The molecule has 0 amide bonds. The zero-order chi connectivity index (χ0) is 19.0. The molecular weight excluding hydrogens is 348 g/mol. The van der Waals surface area contributed by atoms with Gasteiger partial charge in [0, 0.05) is 48.3 Å². The van der Waals surface area contributed by atoms with Crippen molar-refractivity contribution in [3.63, 3.8) is 0 Å². The van der Waals surface area contributed by atoms with Crippen molar-refractivity contribution < 1.29 is 0 Å². The van der Waals surface area contributed by atoms with Gasteiger partial charge < -0.3 is 0 Å². The Morgan fingerprint density at radius 3 is 1.39 bits per heavy atom. The minimum absolute atomic E-state index is 0.663. The highest BCUT2D eigenvalue weighted by molar-refractivity contribution is 5.82. The van der Waals surface area contributed by atoms with Crippen LogP contribution < -0.4 is 0 Å². The van der Waals surface area contributed by atoms with Crippen molar-refractivity contribution in [2.24, 2.45) is 9.98 Å². The lowest BCUT2D eigenvalue weighted by atomic mass is 10.2. The fourth-order valence-electron chi connectivity index (χ4n) is 2.41. The predicted molar refractivity (Wildman–Crippen MR) is 110 cm³/mol. The van der Waals surface area contributed by atoms with Crippen molar-refractivity contribution >= 4 is 24.1 Å². The number of aromatic nitrogens is 4. The van der Waals surface area contributed by atoms with Crippen LogP contribution >= 0.6 is 0 Å². The second-order valence-electron chi connectivity index (χ2n) is 5.85. The minimum Gasteiger partial charge on any atom is -0.254 e. The summed E-state index contributed by atoms with van der Waals surface area (Å²) in [6, 6.07) is 19.0. The summed E-state index contributed by atoms with van der Waals surface area (Å²) in [4.78, 5) is 25.9.